The largest absolute Gasteiger partial charge is 0.388 e. The molecule has 1 heterocycles. The second-order valence-electron chi connectivity index (χ2n) is 4.39. The molecule has 0 amide bonds. The van der Waals surface area contributed by atoms with Crippen LogP contribution < -0.4 is 0 Å². The molecule has 1 aromatic heterocycles. The maximum Gasteiger partial charge on any atom is 0.241 e. The second kappa shape index (κ2) is 5.34. The van der Waals surface area contributed by atoms with Crippen LogP contribution in [0.4, 0.5) is 0 Å². The summed E-state index contributed by atoms with van der Waals surface area (Å²) >= 11 is 0. The quantitative estimate of drug-likeness (QED) is 0.662. The zero-order valence-corrected chi connectivity index (χ0v) is 12.7. The van der Waals surface area contributed by atoms with E-state index in [1.54, 1.807) is 6.92 Å². The lowest BCUT2D eigenvalue weighted by Gasteiger charge is -2.05. The first-order valence-corrected chi connectivity index (χ1v) is 8.62. The molecule has 0 aliphatic rings. The number of carbonyl (C=O) groups is 1. The fourth-order valence-electron chi connectivity index (χ4n) is 1.80. The van der Waals surface area contributed by atoms with E-state index in [9.17, 15) is 21.6 Å². The van der Waals surface area contributed by atoms with Gasteiger partial charge in [-0.1, -0.05) is 0 Å². The zero-order valence-electron chi connectivity index (χ0n) is 11.1. The van der Waals surface area contributed by atoms with Gasteiger partial charge in [-0.15, -0.1) is 0 Å². The van der Waals surface area contributed by atoms with Crippen LogP contribution in [0.5, 0.6) is 0 Å². The van der Waals surface area contributed by atoms with Crippen LogP contribution in [0.25, 0.3) is 0 Å². The number of aromatic nitrogens is 1. The number of rotatable bonds is 3. The molecule has 7 nitrogen and oxygen atoms in total. The summed E-state index contributed by atoms with van der Waals surface area (Å²) < 4.78 is 49.1. The van der Waals surface area contributed by atoms with Crippen LogP contribution in [0.2, 0.25) is 0 Å². The highest BCUT2D eigenvalue weighted by Crippen LogP contribution is 2.19. The van der Waals surface area contributed by atoms with Crippen molar-refractivity contribution >= 4 is 25.9 Å². The third-order valence-corrected chi connectivity index (χ3v) is 4.60. The summed E-state index contributed by atoms with van der Waals surface area (Å²) in [5, 5.41) is 2.11. The van der Waals surface area contributed by atoms with Crippen molar-refractivity contribution in [2.24, 2.45) is 0 Å². The third-order valence-electron chi connectivity index (χ3n) is 2.85. The normalized spacial score (nSPS) is 11.3. The standard InChI is InChI=1S/C12H11NO6S2/c1-7-5-8(21(2,17)18)3-4-9(7)11(14)10-6-19-13-12(10)20(15)16/h3-6,13H,1-2H3. The molecule has 0 atom stereocenters. The van der Waals surface area contributed by atoms with E-state index >= 15 is 0 Å². The predicted octanol–water partition coefficient (Wildman–Crippen LogP) is 0.962. The lowest BCUT2D eigenvalue weighted by atomic mass is 10.0. The Morgan fingerprint density at radius 1 is 1.24 bits per heavy atom. The molecule has 0 bridgehead atoms. The average Bonchev–Trinajstić information content (AvgIpc) is 2.86. The Bertz CT molecular complexity index is 984. The van der Waals surface area contributed by atoms with Gasteiger partial charge in [0.15, 0.2) is 15.6 Å². The summed E-state index contributed by atoms with van der Waals surface area (Å²) in [6.07, 6.45) is 2.06. The number of hydrogen-bond donors (Lipinski definition) is 1. The number of ketones is 1. The number of benzene rings is 1. The van der Waals surface area contributed by atoms with Crippen molar-refractivity contribution in [2.75, 3.05) is 6.26 Å². The van der Waals surface area contributed by atoms with Gasteiger partial charge in [-0.2, -0.15) is 8.42 Å². The van der Waals surface area contributed by atoms with Gasteiger partial charge in [0.25, 0.3) is 0 Å². The maximum absolute atomic E-state index is 12.3. The highest BCUT2D eigenvalue weighted by atomic mass is 32.2. The van der Waals surface area contributed by atoms with Gasteiger partial charge < -0.3 is 4.52 Å². The average molecular weight is 329 g/mol. The molecular weight excluding hydrogens is 318 g/mol. The van der Waals surface area contributed by atoms with E-state index in [2.05, 4.69) is 9.68 Å². The van der Waals surface area contributed by atoms with Crippen LogP contribution in [0.15, 0.2) is 33.9 Å². The van der Waals surface area contributed by atoms with Crippen molar-refractivity contribution in [1.82, 2.24) is 5.16 Å². The van der Waals surface area contributed by atoms with Gasteiger partial charge in [-0.3, -0.25) is 4.79 Å². The van der Waals surface area contributed by atoms with Gasteiger partial charge in [0.2, 0.25) is 14.9 Å². The Kier molecular flexibility index (Phi) is 3.88. The molecule has 1 N–H and O–H groups in total. The van der Waals surface area contributed by atoms with Crippen LogP contribution in [0, 0.1) is 11.6 Å². The Labute approximate surface area is 121 Å². The second-order valence-corrected chi connectivity index (χ2v) is 7.29. The SMILES string of the molecule is Cc1cc(S(C)(=O)=O)ccc1C(=O)c1co[nH]c1=S(=O)=O. The van der Waals surface area contributed by atoms with E-state index in [1.165, 1.54) is 18.2 Å². The fraction of sp³-hybridized carbons (Fsp3) is 0.167. The van der Waals surface area contributed by atoms with Gasteiger partial charge in [-0.25, -0.2) is 13.6 Å². The molecular formula is C12H11NO6S2. The van der Waals surface area contributed by atoms with Crippen molar-refractivity contribution < 1.29 is 26.2 Å². The molecule has 0 fully saturated rings. The molecule has 0 radical (unpaired) electrons. The third kappa shape index (κ3) is 2.98. The summed E-state index contributed by atoms with van der Waals surface area (Å²) in [6, 6.07) is 4.01. The summed E-state index contributed by atoms with van der Waals surface area (Å²) in [5.74, 6) is -0.572. The molecule has 0 saturated heterocycles. The summed E-state index contributed by atoms with van der Waals surface area (Å²) in [5.41, 5.74) is 0.481. The van der Waals surface area contributed by atoms with E-state index in [-0.39, 0.29) is 20.7 Å². The zero-order chi connectivity index (χ0) is 15.8. The van der Waals surface area contributed by atoms with Gasteiger partial charge in [0.1, 0.15) is 11.8 Å². The van der Waals surface area contributed by atoms with Crippen LogP contribution in [0.1, 0.15) is 21.5 Å². The molecule has 0 aliphatic carbocycles. The van der Waals surface area contributed by atoms with Crippen LogP contribution in [-0.2, 0) is 20.1 Å². The van der Waals surface area contributed by atoms with Gasteiger partial charge in [0, 0.05) is 11.8 Å². The molecule has 1 aromatic carbocycles. The van der Waals surface area contributed by atoms with E-state index in [1.807, 2.05) is 0 Å². The molecule has 9 heteroatoms. The van der Waals surface area contributed by atoms with Gasteiger partial charge in [0.05, 0.1) is 4.90 Å². The molecule has 21 heavy (non-hydrogen) atoms. The molecule has 0 aliphatic heterocycles. The van der Waals surface area contributed by atoms with Crippen molar-refractivity contribution in [2.45, 2.75) is 11.8 Å². The number of hydrogen-bond acceptors (Lipinski definition) is 6. The number of carbonyl (C=O) groups excluding carboxylic acids is 1. The minimum atomic E-state index is -3.38. The molecule has 0 saturated carbocycles. The van der Waals surface area contributed by atoms with Crippen molar-refractivity contribution in [1.29, 1.82) is 0 Å². The summed E-state index contributed by atoms with van der Waals surface area (Å²) in [7, 11) is -6.02. The number of sulfone groups is 1. The monoisotopic (exact) mass is 329 g/mol. The minimum absolute atomic E-state index is 0.0860. The summed E-state index contributed by atoms with van der Waals surface area (Å²) in [6.45, 7) is 1.57. The Morgan fingerprint density at radius 2 is 1.90 bits per heavy atom. The van der Waals surface area contributed by atoms with Crippen LogP contribution in [0.3, 0.4) is 0 Å². The topological polar surface area (TPSA) is 114 Å². The number of aromatic amines is 1. The van der Waals surface area contributed by atoms with Crippen LogP contribution >= 0.6 is 0 Å². The Hall–Kier alpha value is -2.13. The highest BCUT2D eigenvalue weighted by molar-refractivity contribution is 7.90. The van der Waals surface area contributed by atoms with Gasteiger partial charge in [-0.05, 0) is 30.7 Å². The number of H-pyrrole nitrogens is 1. The first kappa shape index (κ1) is 15.3. The van der Waals surface area contributed by atoms with Crippen molar-refractivity contribution in [3.05, 3.63) is 45.8 Å². The predicted molar refractivity (Wildman–Crippen MR) is 72.9 cm³/mol. The van der Waals surface area contributed by atoms with Crippen molar-refractivity contribution in [3.63, 3.8) is 0 Å². The molecule has 0 spiro atoms. The molecule has 2 aromatic rings. The molecule has 2 rings (SSSR count). The smallest absolute Gasteiger partial charge is 0.241 e. The molecule has 0 unspecified atom stereocenters. The Morgan fingerprint density at radius 3 is 2.43 bits per heavy atom. The van der Waals surface area contributed by atoms with E-state index in [4.69, 9.17) is 0 Å². The minimum Gasteiger partial charge on any atom is -0.388 e. The first-order valence-electron chi connectivity index (χ1n) is 5.65. The van der Waals surface area contributed by atoms with Gasteiger partial charge >= 0.3 is 0 Å². The first-order chi connectivity index (χ1) is 9.71. The number of aryl methyl sites for hydroxylation is 1. The fourth-order valence-corrected chi connectivity index (χ4v) is 2.94. The highest BCUT2D eigenvalue weighted by Gasteiger charge is 2.18. The van der Waals surface area contributed by atoms with Crippen molar-refractivity contribution in [3.8, 4) is 0 Å². The van der Waals surface area contributed by atoms with E-state index in [0.29, 0.717) is 5.56 Å². The molecule has 112 valence electrons. The number of nitrogens with one attached hydrogen (secondary N) is 1. The Balaban J connectivity index is 2.61. The van der Waals surface area contributed by atoms with E-state index < -0.39 is 25.9 Å². The summed E-state index contributed by atoms with van der Waals surface area (Å²) in [4.78, 5) is 12.4. The maximum atomic E-state index is 12.3. The lowest BCUT2D eigenvalue weighted by Crippen LogP contribution is -2.06. The van der Waals surface area contributed by atoms with E-state index in [0.717, 1.165) is 12.5 Å². The lowest BCUT2D eigenvalue weighted by molar-refractivity contribution is 0.103. The van der Waals surface area contributed by atoms with Crippen LogP contribution in [-0.4, -0.2) is 34.0 Å².